The predicted molar refractivity (Wildman–Crippen MR) is 103 cm³/mol. The van der Waals surface area contributed by atoms with E-state index in [2.05, 4.69) is 20.9 Å². The number of carbonyl (C=O) groups is 2. The summed E-state index contributed by atoms with van der Waals surface area (Å²) in [4.78, 5) is 26.7. The van der Waals surface area contributed by atoms with Crippen molar-refractivity contribution in [3.63, 3.8) is 0 Å². The summed E-state index contributed by atoms with van der Waals surface area (Å²) in [5.74, 6) is -0.135. The normalized spacial score (nSPS) is 20.0. The van der Waals surface area contributed by atoms with Gasteiger partial charge < -0.3 is 25.6 Å². The van der Waals surface area contributed by atoms with Crippen molar-refractivity contribution in [2.75, 3.05) is 38.6 Å². The third-order valence-electron chi connectivity index (χ3n) is 4.43. The molecule has 1 aliphatic rings. The topological polar surface area (TPSA) is 82.7 Å². The number of likely N-dealkylation sites (tertiary alicyclic amines) is 1. The molecule has 2 rings (SSSR count). The van der Waals surface area contributed by atoms with Gasteiger partial charge in [-0.05, 0) is 45.0 Å². The fourth-order valence-electron chi connectivity index (χ4n) is 3.05. The zero-order valence-corrected chi connectivity index (χ0v) is 16.1. The van der Waals surface area contributed by atoms with Crippen LogP contribution < -0.4 is 16.0 Å². The van der Waals surface area contributed by atoms with Gasteiger partial charge in [0.2, 0.25) is 0 Å². The molecule has 7 nitrogen and oxygen atoms in total. The minimum atomic E-state index is -0.288. The summed E-state index contributed by atoms with van der Waals surface area (Å²) in [6.45, 7) is 8.64. The van der Waals surface area contributed by atoms with Crippen molar-refractivity contribution in [3.05, 3.63) is 29.3 Å². The van der Waals surface area contributed by atoms with Crippen LogP contribution in [0.3, 0.4) is 0 Å². The molecule has 144 valence electrons. The SMILES string of the molecule is CCCNC(=O)c1ccc(C)c(NC(=O)NC2CN(C)CC2OCC)c1. The fraction of sp³-hybridized carbons (Fsp3) is 0.579. The summed E-state index contributed by atoms with van der Waals surface area (Å²) in [6.07, 6.45) is 0.866. The van der Waals surface area contributed by atoms with E-state index >= 15 is 0 Å². The molecule has 2 unspecified atom stereocenters. The molecule has 1 aromatic carbocycles. The fourth-order valence-corrected chi connectivity index (χ4v) is 3.05. The van der Waals surface area contributed by atoms with E-state index in [1.165, 1.54) is 0 Å². The summed E-state index contributed by atoms with van der Waals surface area (Å²) in [7, 11) is 2.01. The van der Waals surface area contributed by atoms with Gasteiger partial charge >= 0.3 is 6.03 Å². The Labute approximate surface area is 155 Å². The number of aryl methyl sites for hydroxylation is 1. The Bertz CT molecular complexity index is 635. The third-order valence-corrected chi connectivity index (χ3v) is 4.43. The molecule has 1 saturated heterocycles. The number of nitrogens with zero attached hydrogens (tertiary/aromatic N) is 1. The molecule has 1 fully saturated rings. The first-order valence-corrected chi connectivity index (χ1v) is 9.21. The zero-order valence-electron chi connectivity index (χ0n) is 16.1. The van der Waals surface area contributed by atoms with E-state index in [9.17, 15) is 9.59 Å². The largest absolute Gasteiger partial charge is 0.375 e. The number of ether oxygens (including phenoxy) is 1. The zero-order chi connectivity index (χ0) is 19.1. The highest BCUT2D eigenvalue weighted by atomic mass is 16.5. The lowest BCUT2D eigenvalue weighted by Gasteiger charge is -2.20. The predicted octanol–water partition coefficient (Wildman–Crippen LogP) is 1.98. The van der Waals surface area contributed by atoms with Crippen LogP contribution in [0.5, 0.6) is 0 Å². The van der Waals surface area contributed by atoms with Crippen LogP contribution in [0, 0.1) is 6.92 Å². The first-order chi connectivity index (χ1) is 12.4. The lowest BCUT2D eigenvalue weighted by atomic mass is 10.1. The number of benzene rings is 1. The molecule has 0 radical (unpaired) electrons. The quantitative estimate of drug-likeness (QED) is 0.693. The molecule has 26 heavy (non-hydrogen) atoms. The van der Waals surface area contributed by atoms with Gasteiger partial charge in [0.25, 0.3) is 5.91 Å². The molecule has 7 heteroatoms. The van der Waals surface area contributed by atoms with E-state index in [0.29, 0.717) is 24.4 Å². The summed E-state index contributed by atoms with van der Waals surface area (Å²) in [6, 6.07) is 4.96. The monoisotopic (exact) mass is 362 g/mol. The van der Waals surface area contributed by atoms with Crippen LogP contribution in [0.1, 0.15) is 36.2 Å². The van der Waals surface area contributed by atoms with Crippen LogP contribution in [0.2, 0.25) is 0 Å². The molecule has 2 atom stereocenters. The van der Waals surface area contributed by atoms with Gasteiger partial charge in [-0.2, -0.15) is 0 Å². The van der Waals surface area contributed by atoms with Gasteiger partial charge in [-0.25, -0.2) is 4.79 Å². The number of anilines is 1. The van der Waals surface area contributed by atoms with Gasteiger partial charge in [-0.1, -0.05) is 13.0 Å². The Morgan fingerprint density at radius 2 is 2.04 bits per heavy atom. The highest BCUT2D eigenvalue weighted by Crippen LogP contribution is 2.18. The molecule has 0 aliphatic carbocycles. The lowest BCUT2D eigenvalue weighted by Crippen LogP contribution is -2.45. The molecule has 1 heterocycles. The van der Waals surface area contributed by atoms with Crippen molar-refractivity contribution < 1.29 is 14.3 Å². The van der Waals surface area contributed by atoms with Crippen molar-refractivity contribution in [1.82, 2.24) is 15.5 Å². The van der Waals surface area contributed by atoms with Gasteiger partial charge in [0.1, 0.15) is 0 Å². The van der Waals surface area contributed by atoms with Gasteiger partial charge in [-0.15, -0.1) is 0 Å². The molecule has 1 aliphatic heterocycles. The average Bonchev–Trinajstić information content (AvgIpc) is 2.94. The van der Waals surface area contributed by atoms with E-state index in [1.807, 2.05) is 33.9 Å². The summed E-state index contributed by atoms with van der Waals surface area (Å²) >= 11 is 0. The van der Waals surface area contributed by atoms with Crippen molar-refractivity contribution >= 4 is 17.6 Å². The van der Waals surface area contributed by atoms with Crippen LogP contribution in [0.25, 0.3) is 0 Å². The molecule has 1 aromatic rings. The molecule has 3 N–H and O–H groups in total. The van der Waals surface area contributed by atoms with Crippen LogP contribution in [0.4, 0.5) is 10.5 Å². The number of urea groups is 1. The number of hydrogen-bond donors (Lipinski definition) is 3. The Balaban J connectivity index is 2.00. The Morgan fingerprint density at radius 3 is 2.73 bits per heavy atom. The number of hydrogen-bond acceptors (Lipinski definition) is 4. The van der Waals surface area contributed by atoms with E-state index in [-0.39, 0.29) is 24.1 Å². The second-order valence-electron chi connectivity index (χ2n) is 6.71. The van der Waals surface area contributed by atoms with Crippen LogP contribution in [-0.4, -0.2) is 62.3 Å². The van der Waals surface area contributed by atoms with Gasteiger partial charge in [0, 0.05) is 37.5 Å². The highest BCUT2D eigenvalue weighted by molar-refractivity contribution is 5.97. The minimum Gasteiger partial charge on any atom is -0.375 e. The molecular weight excluding hydrogens is 332 g/mol. The second-order valence-corrected chi connectivity index (χ2v) is 6.71. The molecule has 0 aromatic heterocycles. The van der Waals surface area contributed by atoms with Crippen LogP contribution in [-0.2, 0) is 4.74 Å². The summed E-state index contributed by atoms with van der Waals surface area (Å²) in [5.41, 5.74) is 2.06. The summed E-state index contributed by atoms with van der Waals surface area (Å²) in [5, 5.41) is 8.69. The lowest BCUT2D eigenvalue weighted by molar-refractivity contribution is 0.0568. The van der Waals surface area contributed by atoms with Crippen molar-refractivity contribution in [1.29, 1.82) is 0 Å². The molecule has 0 bridgehead atoms. The number of nitrogens with one attached hydrogen (secondary N) is 3. The maximum atomic E-state index is 12.4. The smallest absolute Gasteiger partial charge is 0.319 e. The standard InChI is InChI=1S/C19H30N4O3/c1-5-9-20-18(24)14-8-7-13(3)15(10-14)21-19(25)22-16-11-23(4)12-17(16)26-6-2/h7-8,10,16-17H,5-6,9,11-12H2,1-4H3,(H,20,24)(H2,21,22,25). The Morgan fingerprint density at radius 1 is 1.27 bits per heavy atom. The van der Waals surface area contributed by atoms with E-state index in [4.69, 9.17) is 4.74 Å². The maximum absolute atomic E-state index is 12.4. The molecule has 3 amide bonds. The second kappa shape index (κ2) is 9.54. The van der Waals surface area contributed by atoms with Crippen LogP contribution >= 0.6 is 0 Å². The van der Waals surface area contributed by atoms with E-state index < -0.39 is 0 Å². The first-order valence-electron chi connectivity index (χ1n) is 9.21. The minimum absolute atomic E-state index is 0.0111. The third kappa shape index (κ3) is 5.44. The average molecular weight is 362 g/mol. The molecule has 0 saturated carbocycles. The number of carbonyl (C=O) groups excluding carboxylic acids is 2. The van der Waals surface area contributed by atoms with Crippen molar-refractivity contribution in [3.8, 4) is 0 Å². The Hall–Kier alpha value is -2.12. The first kappa shape index (κ1) is 20.2. The van der Waals surface area contributed by atoms with E-state index in [1.54, 1.807) is 12.1 Å². The summed E-state index contributed by atoms with van der Waals surface area (Å²) < 4.78 is 5.71. The Kier molecular flexibility index (Phi) is 7.41. The number of amides is 3. The van der Waals surface area contributed by atoms with Crippen molar-refractivity contribution in [2.24, 2.45) is 0 Å². The maximum Gasteiger partial charge on any atom is 0.319 e. The van der Waals surface area contributed by atoms with Gasteiger partial charge in [0.15, 0.2) is 0 Å². The number of rotatable bonds is 7. The molecule has 0 spiro atoms. The van der Waals surface area contributed by atoms with E-state index in [0.717, 1.165) is 25.1 Å². The van der Waals surface area contributed by atoms with Crippen LogP contribution in [0.15, 0.2) is 18.2 Å². The van der Waals surface area contributed by atoms with Gasteiger partial charge in [-0.3, -0.25) is 4.79 Å². The molecular formula is C19H30N4O3. The van der Waals surface area contributed by atoms with Crippen molar-refractivity contribution in [2.45, 2.75) is 39.3 Å². The highest BCUT2D eigenvalue weighted by Gasteiger charge is 2.32. The number of likely N-dealkylation sites (N-methyl/N-ethyl adjacent to an activating group) is 1. The van der Waals surface area contributed by atoms with Gasteiger partial charge in [0.05, 0.1) is 12.1 Å².